The lowest BCUT2D eigenvalue weighted by Gasteiger charge is -2.25. The van der Waals surface area contributed by atoms with Gasteiger partial charge >= 0.3 is 0 Å². The Morgan fingerprint density at radius 1 is 1.48 bits per heavy atom. The molecule has 0 aromatic carbocycles. The summed E-state index contributed by atoms with van der Waals surface area (Å²) >= 11 is 1.88. The Morgan fingerprint density at radius 3 is 3.24 bits per heavy atom. The lowest BCUT2D eigenvalue weighted by atomic mass is 10.1. The summed E-state index contributed by atoms with van der Waals surface area (Å²) in [6, 6.07) is 4.32. The van der Waals surface area contributed by atoms with E-state index in [2.05, 4.69) is 46.7 Å². The van der Waals surface area contributed by atoms with Gasteiger partial charge in [-0.2, -0.15) is 0 Å². The number of hydrogen-bond acceptors (Lipinski definition) is 5. The SMILES string of the molecule is CC(C)CNCc1cc(CN2CCc3sccc3C2)on1. The Balaban J connectivity index is 1.51. The molecule has 1 N–H and O–H groups in total. The van der Waals surface area contributed by atoms with E-state index in [4.69, 9.17) is 4.52 Å². The van der Waals surface area contributed by atoms with Crippen LogP contribution in [0.15, 0.2) is 22.0 Å². The number of fused-ring (bicyclic) bond motifs is 1. The molecule has 114 valence electrons. The highest BCUT2D eigenvalue weighted by Gasteiger charge is 2.18. The predicted octanol–water partition coefficient (Wildman–Crippen LogP) is 3.04. The molecule has 1 aliphatic heterocycles. The van der Waals surface area contributed by atoms with Crippen LogP contribution in [-0.2, 0) is 26.1 Å². The first kappa shape index (κ1) is 14.8. The molecule has 0 unspecified atom stereocenters. The Hall–Kier alpha value is -1.17. The monoisotopic (exact) mass is 305 g/mol. The summed E-state index contributed by atoms with van der Waals surface area (Å²) in [5.41, 5.74) is 2.48. The Labute approximate surface area is 130 Å². The van der Waals surface area contributed by atoms with E-state index in [1.807, 2.05) is 11.3 Å². The molecule has 0 aliphatic carbocycles. The quantitative estimate of drug-likeness (QED) is 0.890. The normalized spacial score (nSPS) is 15.6. The summed E-state index contributed by atoms with van der Waals surface area (Å²) in [5, 5.41) is 9.74. The molecular formula is C16H23N3OS. The molecule has 1 aliphatic rings. The molecule has 3 heterocycles. The van der Waals surface area contributed by atoms with Crippen molar-refractivity contribution >= 4 is 11.3 Å². The van der Waals surface area contributed by atoms with Gasteiger partial charge < -0.3 is 9.84 Å². The van der Waals surface area contributed by atoms with E-state index in [0.717, 1.165) is 50.6 Å². The molecule has 0 amide bonds. The molecule has 2 aromatic heterocycles. The maximum Gasteiger partial charge on any atom is 0.151 e. The fraction of sp³-hybridized carbons (Fsp3) is 0.562. The van der Waals surface area contributed by atoms with Crippen LogP contribution in [0, 0.1) is 5.92 Å². The van der Waals surface area contributed by atoms with Crippen molar-refractivity contribution in [2.75, 3.05) is 13.1 Å². The molecule has 0 radical (unpaired) electrons. The Bertz CT molecular complexity index is 576. The fourth-order valence-corrected chi connectivity index (χ4v) is 3.55. The van der Waals surface area contributed by atoms with Crippen molar-refractivity contribution in [1.29, 1.82) is 0 Å². The van der Waals surface area contributed by atoms with Crippen LogP contribution in [-0.4, -0.2) is 23.1 Å². The zero-order chi connectivity index (χ0) is 14.7. The van der Waals surface area contributed by atoms with Gasteiger partial charge in [0.2, 0.25) is 0 Å². The topological polar surface area (TPSA) is 41.3 Å². The third-order valence-corrected chi connectivity index (χ3v) is 4.76. The average Bonchev–Trinajstić information content (AvgIpc) is 3.07. The van der Waals surface area contributed by atoms with Gasteiger partial charge in [-0.25, -0.2) is 0 Å². The Morgan fingerprint density at radius 2 is 2.38 bits per heavy atom. The van der Waals surface area contributed by atoms with Crippen LogP contribution in [0.5, 0.6) is 0 Å². The van der Waals surface area contributed by atoms with Gasteiger partial charge in [-0.15, -0.1) is 11.3 Å². The lowest BCUT2D eigenvalue weighted by Crippen LogP contribution is -2.28. The van der Waals surface area contributed by atoms with Crippen molar-refractivity contribution in [1.82, 2.24) is 15.4 Å². The minimum Gasteiger partial charge on any atom is -0.360 e. The van der Waals surface area contributed by atoms with Crippen molar-refractivity contribution in [3.05, 3.63) is 39.4 Å². The van der Waals surface area contributed by atoms with E-state index in [9.17, 15) is 0 Å². The second-order valence-corrected chi connectivity index (χ2v) is 7.14. The van der Waals surface area contributed by atoms with Gasteiger partial charge in [0.1, 0.15) is 0 Å². The van der Waals surface area contributed by atoms with E-state index >= 15 is 0 Å². The highest BCUT2D eigenvalue weighted by molar-refractivity contribution is 7.10. The summed E-state index contributed by atoms with van der Waals surface area (Å²) in [5.74, 6) is 1.62. The number of thiophene rings is 1. The molecule has 3 rings (SSSR count). The maximum absolute atomic E-state index is 5.47. The molecule has 0 saturated heterocycles. The largest absolute Gasteiger partial charge is 0.360 e. The molecule has 0 spiro atoms. The minimum atomic E-state index is 0.657. The van der Waals surface area contributed by atoms with Crippen molar-refractivity contribution < 1.29 is 4.52 Å². The predicted molar refractivity (Wildman–Crippen MR) is 85.2 cm³/mol. The lowest BCUT2D eigenvalue weighted by molar-refractivity contribution is 0.216. The Kier molecular flexibility index (Phi) is 4.73. The van der Waals surface area contributed by atoms with E-state index in [1.54, 1.807) is 4.88 Å². The first-order valence-electron chi connectivity index (χ1n) is 7.63. The number of rotatable bonds is 6. The van der Waals surface area contributed by atoms with Gasteiger partial charge in [0.05, 0.1) is 12.2 Å². The van der Waals surface area contributed by atoms with Crippen LogP contribution in [0.4, 0.5) is 0 Å². The molecule has 0 atom stereocenters. The van der Waals surface area contributed by atoms with Crippen LogP contribution >= 0.6 is 11.3 Å². The van der Waals surface area contributed by atoms with Gasteiger partial charge in [-0.1, -0.05) is 19.0 Å². The van der Waals surface area contributed by atoms with Gasteiger partial charge in [0, 0.05) is 30.6 Å². The fourth-order valence-electron chi connectivity index (χ4n) is 2.66. The second-order valence-electron chi connectivity index (χ2n) is 6.14. The smallest absolute Gasteiger partial charge is 0.151 e. The third-order valence-electron chi connectivity index (χ3n) is 3.73. The molecule has 5 heteroatoms. The molecule has 21 heavy (non-hydrogen) atoms. The van der Waals surface area contributed by atoms with Crippen LogP contribution < -0.4 is 5.32 Å². The maximum atomic E-state index is 5.47. The van der Waals surface area contributed by atoms with Crippen LogP contribution in [0.2, 0.25) is 0 Å². The summed E-state index contributed by atoms with van der Waals surface area (Å²) < 4.78 is 5.47. The van der Waals surface area contributed by atoms with Crippen LogP contribution in [0.25, 0.3) is 0 Å². The number of nitrogens with one attached hydrogen (secondary N) is 1. The molecular weight excluding hydrogens is 282 g/mol. The zero-order valence-corrected chi connectivity index (χ0v) is 13.6. The summed E-state index contributed by atoms with van der Waals surface area (Å²) in [4.78, 5) is 3.98. The number of hydrogen-bond donors (Lipinski definition) is 1. The number of nitrogens with zero attached hydrogens (tertiary/aromatic N) is 2. The molecule has 0 saturated carbocycles. The molecule has 0 bridgehead atoms. The molecule has 2 aromatic rings. The zero-order valence-electron chi connectivity index (χ0n) is 12.8. The highest BCUT2D eigenvalue weighted by Crippen LogP contribution is 2.25. The summed E-state index contributed by atoms with van der Waals surface area (Å²) in [6.45, 7) is 9.19. The van der Waals surface area contributed by atoms with Gasteiger partial charge in [0.25, 0.3) is 0 Å². The van der Waals surface area contributed by atoms with Crippen molar-refractivity contribution in [2.45, 2.75) is 39.9 Å². The second kappa shape index (κ2) is 6.73. The van der Waals surface area contributed by atoms with Gasteiger partial charge in [-0.3, -0.25) is 4.90 Å². The standard InChI is InChI=1S/C16H23N3OS/c1-12(2)8-17-9-14-7-15(20-18-14)11-19-5-3-16-13(10-19)4-6-21-16/h4,6-7,12,17H,3,5,8-11H2,1-2H3. The minimum absolute atomic E-state index is 0.657. The van der Waals surface area contributed by atoms with Crippen LogP contribution in [0.3, 0.4) is 0 Å². The molecule has 0 fully saturated rings. The first-order valence-corrected chi connectivity index (χ1v) is 8.51. The van der Waals surface area contributed by atoms with Gasteiger partial charge in [0.15, 0.2) is 5.76 Å². The summed E-state index contributed by atoms with van der Waals surface area (Å²) in [7, 11) is 0. The van der Waals surface area contributed by atoms with Crippen LogP contribution in [0.1, 0.15) is 35.7 Å². The molecule has 4 nitrogen and oxygen atoms in total. The average molecular weight is 305 g/mol. The highest BCUT2D eigenvalue weighted by atomic mass is 32.1. The van der Waals surface area contributed by atoms with E-state index in [-0.39, 0.29) is 0 Å². The third kappa shape index (κ3) is 3.93. The number of aromatic nitrogens is 1. The van der Waals surface area contributed by atoms with E-state index in [1.165, 1.54) is 5.56 Å². The van der Waals surface area contributed by atoms with Crippen molar-refractivity contribution in [3.8, 4) is 0 Å². The summed E-state index contributed by atoms with van der Waals surface area (Å²) in [6.07, 6.45) is 1.16. The van der Waals surface area contributed by atoms with Crippen molar-refractivity contribution in [2.24, 2.45) is 5.92 Å². The van der Waals surface area contributed by atoms with E-state index < -0.39 is 0 Å². The first-order chi connectivity index (χ1) is 10.2. The van der Waals surface area contributed by atoms with E-state index in [0.29, 0.717) is 5.92 Å². The van der Waals surface area contributed by atoms with Crippen molar-refractivity contribution in [3.63, 3.8) is 0 Å². The van der Waals surface area contributed by atoms with Gasteiger partial charge in [-0.05, 0) is 35.9 Å².